The van der Waals surface area contributed by atoms with Crippen LogP contribution in [0, 0.1) is 0 Å². The summed E-state index contributed by atoms with van der Waals surface area (Å²) < 4.78 is 49.2. The monoisotopic (exact) mass is 454 g/mol. The van der Waals surface area contributed by atoms with Gasteiger partial charge < -0.3 is 19.5 Å². The Morgan fingerprint density at radius 2 is 1.84 bits per heavy atom. The summed E-state index contributed by atoms with van der Waals surface area (Å²) in [5.41, 5.74) is -0.321. The molecular formula is C23H29F3N2O4. The number of likely N-dealkylation sites (N-methyl/N-ethyl adjacent to an activating group) is 1. The van der Waals surface area contributed by atoms with E-state index >= 15 is 0 Å². The Kier molecular flexibility index (Phi) is 8.89. The number of aliphatic hydroxyl groups is 1. The number of alkyl halides is 3. The quantitative estimate of drug-likeness (QED) is 0.567. The van der Waals surface area contributed by atoms with Crippen LogP contribution in [0.1, 0.15) is 50.8 Å². The number of hydrogen-bond donors (Lipinski definition) is 1. The maximum Gasteiger partial charge on any atom is 0.416 e. The lowest BCUT2D eigenvalue weighted by Gasteiger charge is -2.32. The van der Waals surface area contributed by atoms with Gasteiger partial charge in [0.15, 0.2) is 6.61 Å². The van der Waals surface area contributed by atoms with Crippen LogP contribution in [-0.2, 0) is 11.0 Å². The first-order chi connectivity index (χ1) is 15.0. The van der Waals surface area contributed by atoms with Gasteiger partial charge in [0, 0.05) is 25.0 Å². The Morgan fingerprint density at radius 3 is 2.41 bits per heavy atom. The molecule has 32 heavy (non-hydrogen) atoms. The molecule has 0 radical (unpaired) electrons. The minimum absolute atomic E-state index is 0.107. The topological polar surface area (TPSA) is 71.9 Å². The molecule has 0 aliphatic rings. The molecule has 0 aliphatic heterocycles. The smallest absolute Gasteiger partial charge is 0.416 e. The second-order valence-electron chi connectivity index (χ2n) is 7.70. The molecule has 0 saturated heterocycles. The lowest BCUT2D eigenvalue weighted by atomic mass is 9.98. The zero-order valence-electron chi connectivity index (χ0n) is 18.6. The summed E-state index contributed by atoms with van der Waals surface area (Å²) in [6.45, 7) is 5.30. The van der Waals surface area contributed by atoms with E-state index in [1.807, 2.05) is 20.8 Å². The molecule has 2 aromatic rings. The predicted molar refractivity (Wildman–Crippen MR) is 113 cm³/mol. The van der Waals surface area contributed by atoms with Crippen molar-refractivity contribution in [2.24, 2.45) is 0 Å². The van der Waals surface area contributed by atoms with Crippen molar-refractivity contribution in [1.82, 2.24) is 9.88 Å². The SMILES string of the molecule is CCCC(C(O)c1cnccc1OC(C)C)N(C)C(=O)COc1ccc(C(F)(F)F)cc1. The van der Waals surface area contributed by atoms with Gasteiger partial charge in [-0.15, -0.1) is 0 Å². The Hall–Kier alpha value is -2.81. The van der Waals surface area contributed by atoms with Crippen molar-refractivity contribution >= 4 is 5.91 Å². The Morgan fingerprint density at radius 1 is 1.19 bits per heavy atom. The van der Waals surface area contributed by atoms with Crippen molar-refractivity contribution in [1.29, 1.82) is 0 Å². The summed E-state index contributed by atoms with van der Waals surface area (Å²) in [5.74, 6) is 0.218. The molecule has 2 unspecified atom stereocenters. The largest absolute Gasteiger partial charge is 0.491 e. The standard InChI is InChI=1S/C23H29F3N2O4/c1-5-6-19(22(30)18-13-27-12-11-20(18)32-15(2)3)28(4)21(29)14-31-17-9-7-16(8-10-17)23(24,25)26/h7-13,15,19,22,30H,5-6,14H2,1-4H3. The molecule has 0 bridgehead atoms. The first kappa shape index (κ1) is 25.5. The van der Waals surface area contributed by atoms with E-state index in [2.05, 4.69) is 4.98 Å². The van der Waals surface area contributed by atoms with Crippen LogP contribution in [0.2, 0.25) is 0 Å². The van der Waals surface area contributed by atoms with E-state index in [0.29, 0.717) is 24.2 Å². The number of aromatic nitrogens is 1. The van der Waals surface area contributed by atoms with Crippen LogP contribution in [0.25, 0.3) is 0 Å². The highest BCUT2D eigenvalue weighted by atomic mass is 19.4. The third kappa shape index (κ3) is 6.85. The highest BCUT2D eigenvalue weighted by Gasteiger charge is 2.31. The van der Waals surface area contributed by atoms with Gasteiger partial charge in [-0.3, -0.25) is 9.78 Å². The average Bonchev–Trinajstić information content (AvgIpc) is 2.74. The number of hydrogen-bond acceptors (Lipinski definition) is 5. The summed E-state index contributed by atoms with van der Waals surface area (Å²) >= 11 is 0. The first-order valence-electron chi connectivity index (χ1n) is 10.4. The minimum Gasteiger partial charge on any atom is -0.491 e. The summed E-state index contributed by atoms with van der Waals surface area (Å²) in [7, 11) is 1.56. The Balaban J connectivity index is 2.10. The molecule has 0 aliphatic carbocycles. The minimum atomic E-state index is -4.44. The van der Waals surface area contributed by atoms with Crippen LogP contribution in [0.3, 0.4) is 0 Å². The molecule has 2 atom stereocenters. The maximum atomic E-state index is 12.7. The zero-order valence-corrected chi connectivity index (χ0v) is 18.6. The highest BCUT2D eigenvalue weighted by molar-refractivity contribution is 5.78. The van der Waals surface area contributed by atoms with E-state index in [1.54, 1.807) is 19.3 Å². The summed E-state index contributed by atoms with van der Waals surface area (Å²) in [6.07, 6.45) is -1.29. The average molecular weight is 454 g/mol. The predicted octanol–water partition coefficient (Wildman–Crippen LogP) is 4.63. The number of aliphatic hydroxyl groups excluding tert-OH is 1. The van der Waals surface area contributed by atoms with Gasteiger partial charge in [-0.05, 0) is 50.6 Å². The number of ether oxygens (including phenoxy) is 2. The molecule has 1 N–H and O–H groups in total. The third-order valence-electron chi connectivity index (χ3n) is 4.88. The second-order valence-corrected chi connectivity index (χ2v) is 7.70. The number of nitrogens with zero attached hydrogens (tertiary/aromatic N) is 2. The van der Waals surface area contributed by atoms with E-state index in [0.717, 1.165) is 12.1 Å². The van der Waals surface area contributed by atoms with Crippen molar-refractivity contribution in [2.75, 3.05) is 13.7 Å². The van der Waals surface area contributed by atoms with Gasteiger partial charge in [-0.2, -0.15) is 13.2 Å². The number of carbonyl (C=O) groups is 1. The van der Waals surface area contributed by atoms with Crippen molar-refractivity contribution in [3.63, 3.8) is 0 Å². The van der Waals surface area contributed by atoms with Crippen LogP contribution in [-0.4, -0.2) is 46.7 Å². The van der Waals surface area contributed by atoms with Gasteiger partial charge in [0.05, 0.1) is 17.7 Å². The van der Waals surface area contributed by atoms with E-state index < -0.39 is 29.8 Å². The van der Waals surface area contributed by atoms with Gasteiger partial charge in [-0.25, -0.2) is 0 Å². The number of amides is 1. The lowest BCUT2D eigenvalue weighted by molar-refractivity contribution is -0.138. The number of halogens is 3. The zero-order chi connectivity index (χ0) is 23.9. The third-order valence-corrected chi connectivity index (χ3v) is 4.88. The van der Waals surface area contributed by atoms with Gasteiger partial charge in [0.1, 0.15) is 17.6 Å². The van der Waals surface area contributed by atoms with Crippen molar-refractivity contribution in [3.05, 3.63) is 53.9 Å². The highest BCUT2D eigenvalue weighted by Crippen LogP contribution is 2.32. The van der Waals surface area contributed by atoms with E-state index in [9.17, 15) is 23.1 Å². The van der Waals surface area contributed by atoms with Crippen molar-refractivity contribution in [3.8, 4) is 11.5 Å². The molecule has 1 amide bonds. The molecule has 1 aromatic heterocycles. The fourth-order valence-corrected chi connectivity index (χ4v) is 3.22. The van der Waals surface area contributed by atoms with E-state index in [1.165, 1.54) is 23.2 Å². The number of rotatable bonds is 10. The molecule has 176 valence electrons. The lowest BCUT2D eigenvalue weighted by Crippen LogP contribution is -2.43. The van der Waals surface area contributed by atoms with E-state index in [-0.39, 0.29) is 18.5 Å². The normalized spacial score (nSPS) is 13.5. The molecule has 1 heterocycles. The van der Waals surface area contributed by atoms with Crippen LogP contribution >= 0.6 is 0 Å². The van der Waals surface area contributed by atoms with Crippen LogP contribution in [0.5, 0.6) is 11.5 Å². The first-order valence-corrected chi connectivity index (χ1v) is 10.4. The fraction of sp³-hybridized carbons (Fsp3) is 0.478. The fourth-order valence-electron chi connectivity index (χ4n) is 3.22. The number of pyridine rings is 1. The Bertz CT molecular complexity index is 872. The van der Waals surface area contributed by atoms with E-state index in [4.69, 9.17) is 9.47 Å². The molecule has 0 spiro atoms. The van der Waals surface area contributed by atoms with Crippen molar-refractivity contribution < 1.29 is 32.5 Å². The number of benzene rings is 1. The van der Waals surface area contributed by atoms with Crippen LogP contribution in [0.15, 0.2) is 42.7 Å². The number of carbonyl (C=O) groups excluding carboxylic acids is 1. The molecule has 0 saturated carbocycles. The van der Waals surface area contributed by atoms with Crippen molar-refractivity contribution in [2.45, 2.75) is 58.0 Å². The van der Waals surface area contributed by atoms with Gasteiger partial charge >= 0.3 is 6.18 Å². The second kappa shape index (κ2) is 11.2. The molecular weight excluding hydrogens is 425 g/mol. The Labute approximate surface area is 186 Å². The molecule has 0 fully saturated rings. The molecule has 1 aromatic carbocycles. The molecule has 9 heteroatoms. The molecule has 6 nitrogen and oxygen atoms in total. The summed E-state index contributed by atoms with van der Waals surface area (Å²) in [6, 6.07) is 5.22. The maximum absolute atomic E-state index is 12.7. The summed E-state index contributed by atoms with van der Waals surface area (Å²) in [5, 5.41) is 11.1. The van der Waals surface area contributed by atoms with Crippen LogP contribution < -0.4 is 9.47 Å². The molecule has 2 rings (SSSR count). The van der Waals surface area contributed by atoms with Gasteiger partial charge in [-0.1, -0.05) is 13.3 Å². The summed E-state index contributed by atoms with van der Waals surface area (Å²) in [4.78, 5) is 18.2. The van der Waals surface area contributed by atoms with Gasteiger partial charge in [0.2, 0.25) is 0 Å². The van der Waals surface area contributed by atoms with Crippen LogP contribution in [0.4, 0.5) is 13.2 Å². The van der Waals surface area contributed by atoms with Gasteiger partial charge in [0.25, 0.3) is 5.91 Å².